The minimum absolute atomic E-state index is 0.0531. The molecule has 0 aromatic heterocycles. The molecule has 2 aromatic rings. The lowest BCUT2D eigenvalue weighted by Crippen LogP contribution is -2.59. The molecule has 0 spiro atoms. The van der Waals surface area contributed by atoms with E-state index in [0.717, 1.165) is 56.1 Å². The molecule has 2 aliphatic heterocycles. The van der Waals surface area contributed by atoms with Crippen LogP contribution < -0.4 is 37.2 Å². The molecule has 7 N–H and O–H groups in total. The summed E-state index contributed by atoms with van der Waals surface area (Å²) in [5.41, 5.74) is 3.22. The van der Waals surface area contributed by atoms with Gasteiger partial charge in [-0.15, -0.1) is 0 Å². The lowest BCUT2D eigenvalue weighted by molar-refractivity contribution is -0.144. The van der Waals surface area contributed by atoms with E-state index in [1.54, 1.807) is 32.8 Å². The average Bonchev–Trinajstić information content (AvgIpc) is 4.02. The van der Waals surface area contributed by atoms with Crippen molar-refractivity contribution < 1.29 is 38.4 Å². The Labute approximate surface area is 451 Å². The third-order valence-corrected chi connectivity index (χ3v) is 16.2. The monoisotopic (exact) mass is 1050 g/mol. The van der Waals surface area contributed by atoms with Gasteiger partial charge < -0.3 is 47.0 Å². The van der Waals surface area contributed by atoms with Crippen LogP contribution >= 0.6 is 0 Å². The summed E-state index contributed by atoms with van der Waals surface area (Å²) in [5, 5.41) is 21.3. The molecular weight excluding hydrogens is 963 g/mol. The van der Waals surface area contributed by atoms with E-state index in [1.807, 2.05) is 77.9 Å². The van der Waals surface area contributed by atoms with E-state index < -0.39 is 53.1 Å². The summed E-state index contributed by atoms with van der Waals surface area (Å²) in [4.78, 5) is 114. The Morgan fingerprint density at radius 1 is 0.579 bits per heavy atom. The summed E-state index contributed by atoms with van der Waals surface area (Å²) in [6.45, 7) is 15.1. The van der Waals surface area contributed by atoms with E-state index in [0.29, 0.717) is 32.1 Å². The van der Waals surface area contributed by atoms with E-state index in [2.05, 4.69) is 49.4 Å². The zero-order valence-corrected chi connectivity index (χ0v) is 47.1. The van der Waals surface area contributed by atoms with E-state index in [9.17, 15) is 38.4 Å². The van der Waals surface area contributed by atoms with Crippen molar-refractivity contribution in [3.8, 4) is 0 Å². The van der Waals surface area contributed by atoms with Crippen molar-refractivity contribution in [3.05, 3.63) is 70.8 Å². The van der Waals surface area contributed by atoms with Gasteiger partial charge in [-0.2, -0.15) is 0 Å². The maximum atomic E-state index is 14.5. The van der Waals surface area contributed by atoms with Gasteiger partial charge in [-0.25, -0.2) is 0 Å². The smallest absolute Gasteiger partial charge is 0.246 e. The summed E-state index contributed by atoms with van der Waals surface area (Å²) in [6, 6.07) is 10.8. The zero-order chi connectivity index (χ0) is 55.5. The number of carbonyl (C=O) groups excluding carboxylic acids is 8. The Morgan fingerprint density at radius 2 is 1.03 bits per heavy atom. The number of fused-ring (bicyclic) bond motifs is 2. The maximum Gasteiger partial charge on any atom is 0.246 e. The summed E-state index contributed by atoms with van der Waals surface area (Å²) in [6.07, 6.45) is 9.31. The van der Waals surface area contributed by atoms with E-state index in [4.69, 9.17) is 0 Å². The minimum atomic E-state index is -0.923. The normalized spacial score (nSPS) is 23.0. The number of amides is 7. The molecule has 0 saturated carbocycles. The minimum Gasteiger partial charge on any atom is -0.351 e. The first kappa shape index (κ1) is 59.6. The zero-order valence-electron chi connectivity index (χ0n) is 47.1. The summed E-state index contributed by atoms with van der Waals surface area (Å²) in [7, 11) is 3.35. The molecule has 6 rings (SSSR count). The van der Waals surface area contributed by atoms with Gasteiger partial charge in [0.15, 0.2) is 0 Å². The predicted molar refractivity (Wildman–Crippen MR) is 293 cm³/mol. The van der Waals surface area contributed by atoms with Gasteiger partial charge in [0.2, 0.25) is 41.4 Å². The molecule has 7 amide bonds. The van der Waals surface area contributed by atoms with Gasteiger partial charge in [0.25, 0.3) is 0 Å². The molecule has 418 valence electrons. The van der Waals surface area contributed by atoms with Crippen LogP contribution in [-0.2, 0) is 51.2 Å². The second kappa shape index (κ2) is 26.6. The Balaban J connectivity index is 1.02. The number of likely N-dealkylation sites (tertiary alicyclic amines) is 2. The van der Waals surface area contributed by atoms with Crippen LogP contribution in [-0.4, -0.2) is 126 Å². The number of Topliss-reactive ketones (excluding diaryl/α,β-unsaturated/α-hetero) is 1. The lowest BCUT2D eigenvalue weighted by atomic mass is 9.85. The maximum absolute atomic E-state index is 14.5. The number of aryl methyl sites for hydroxylation is 2. The SMILES string of the molecule is CN[C@@H](C)C(=O)N[C@H](C(=O)N1C[C@@H](CC(=O)CCCCCCC(=O)N[C@H]2C[C@@H](C(=O)N[C@@H]3CCCc4ccccc43)N(C(=O)[C@@H](NC(=O)[C@H](C)NC)C(C)(C)C)C2)C[C@H]1C(=O)N[C@@H]1CCCc2ccccc21)C(C)(C)C. The van der Waals surface area contributed by atoms with Crippen molar-refractivity contribution in [3.63, 3.8) is 0 Å². The highest BCUT2D eigenvalue weighted by Crippen LogP contribution is 2.35. The van der Waals surface area contributed by atoms with Crippen molar-refractivity contribution in [2.45, 2.75) is 206 Å². The number of nitrogens with zero attached hydrogens (tertiary/aromatic N) is 2. The van der Waals surface area contributed by atoms with Crippen LogP contribution in [0.5, 0.6) is 0 Å². The standard InChI is InChI=1S/C59H89N9O8/c1-36(60-9)52(71)65-50(58(3,4)5)56(75)67-34-38(32-47(67)54(73)63-45-28-19-23-39-21-15-17-26-43(39)45)31-42(69)25-13-11-12-14-30-49(70)62-41-33-48(55(74)64-46-29-20-24-40-22-16-18-27-44(40)46)68(35-41)57(76)51(59(6,7)8)66-53(72)37(2)61-10/h15-18,21-22,26-27,36-38,41,45-48,50-51,60-61H,11-14,19-20,23-25,28-35H2,1-10H3,(H,62,70)(H,63,73)(H,64,74)(H,65,71)(H,66,72)/t36-,37-,38-,41-,45+,46+,47-,48-,50+,51+/m0/s1. The summed E-state index contributed by atoms with van der Waals surface area (Å²) in [5.74, 6) is -2.28. The predicted octanol–water partition coefficient (Wildman–Crippen LogP) is 5.25. The molecule has 2 aromatic carbocycles. The molecule has 2 fully saturated rings. The van der Waals surface area contributed by atoms with Gasteiger partial charge in [0, 0.05) is 38.4 Å². The van der Waals surface area contributed by atoms with Crippen LogP contribution in [0.4, 0.5) is 0 Å². The highest BCUT2D eigenvalue weighted by Gasteiger charge is 2.48. The van der Waals surface area contributed by atoms with Crippen LogP contribution in [0.2, 0.25) is 0 Å². The number of hydrogen-bond acceptors (Lipinski definition) is 10. The summed E-state index contributed by atoms with van der Waals surface area (Å²) >= 11 is 0. The Bertz CT molecular complexity index is 2230. The van der Waals surface area contributed by atoms with Crippen molar-refractivity contribution in [2.24, 2.45) is 16.7 Å². The van der Waals surface area contributed by atoms with Crippen LogP contribution in [0.3, 0.4) is 0 Å². The number of nitrogens with one attached hydrogen (secondary N) is 7. The third kappa shape index (κ3) is 15.5. The fraction of sp³-hybridized carbons (Fsp3) is 0.661. The van der Waals surface area contributed by atoms with Gasteiger partial charge in [0.1, 0.15) is 30.0 Å². The molecule has 4 aliphatic rings. The first-order valence-electron chi connectivity index (χ1n) is 28.1. The van der Waals surface area contributed by atoms with E-state index in [1.165, 1.54) is 16.0 Å². The number of unbranched alkanes of at least 4 members (excludes halogenated alkanes) is 3. The molecule has 2 aliphatic carbocycles. The molecule has 0 radical (unpaired) electrons. The van der Waals surface area contributed by atoms with Crippen LogP contribution in [0, 0.1) is 16.7 Å². The van der Waals surface area contributed by atoms with Gasteiger partial charge >= 0.3 is 0 Å². The van der Waals surface area contributed by atoms with E-state index >= 15 is 0 Å². The highest BCUT2D eigenvalue weighted by molar-refractivity contribution is 5.95. The van der Waals surface area contributed by atoms with Crippen LogP contribution in [0.25, 0.3) is 0 Å². The van der Waals surface area contributed by atoms with Crippen molar-refractivity contribution in [2.75, 3.05) is 27.2 Å². The molecule has 2 heterocycles. The number of ketones is 1. The van der Waals surface area contributed by atoms with Gasteiger partial charge in [-0.1, -0.05) is 103 Å². The Hall–Kier alpha value is -5.68. The van der Waals surface area contributed by atoms with Crippen LogP contribution in [0.15, 0.2) is 48.5 Å². The average molecular weight is 1050 g/mol. The van der Waals surface area contributed by atoms with Crippen LogP contribution in [0.1, 0.15) is 173 Å². The van der Waals surface area contributed by atoms with Crippen molar-refractivity contribution in [1.82, 2.24) is 47.0 Å². The number of benzene rings is 2. The first-order valence-corrected chi connectivity index (χ1v) is 28.1. The highest BCUT2D eigenvalue weighted by atomic mass is 16.2. The van der Waals surface area contributed by atoms with E-state index in [-0.39, 0.29) is 97.5 Å². The first-order chi connectivity index (χ1) is 36.0. The second-order valence-electron chi connectivity index (χ2n) is 24.2. The van der Waals surface area contributed by atoms with Gasteiger partial charge in [-0.3, -0.25) is 38.4 Å². The van der Waals surface area contributed by atoms with Crippen molar-refractivity contribution in [1.29, 1.82) is 0 Å². The molecule has 17 nitrogen and oxygen atoms in total. The largest absolute Gasteiger partial charge is 0.351 e. The number of likely N-dealkylation sites (N-methyl/N-ethyl adjacent to an activating group) is 2. The molecule has 0 bridgehead atoms. The Kier molecular flexibility index (Phi) is 20.8. The topological polar surface area (TPSA) is 227 Å². The quantitative estimate of drug-likeness (QED) is 0.0758. The molecule has 2 saturated heterocycles. The molecule has 10 atom stereocenters. The third-order valence-electron chi connectivity index (χ3n) is 16.2. The van der Waals surface area contributed by atoms with Gasteiger partial charge in [0.05, 0.1) is 24.2 Å². The molecule has 0 unspecified atom stereocenters. The molecular formula is C59H89N9O8. The fourth-order valence-corrected chi connectivity index (χ4v) is 11.5. The lowest BCUT2D eigenvalue weighted by Gasteiger charge is -2.36. The fourth-order valence-electron chi connectivity index (χ4n) is 11.5. The van der Waals surface area contributed by atoms with Gasteiger partial charge in [-0.05, 0) is 131 Å². The number of hydrogen-bond donors (Lipinski definition) is 7. The molecule has 76 heavy (non-hydrogen) atoms. The Morgan fingerprint density at radius 3 is 1.50 bits per heavy atom. The van der Waals surface area contributed by atoms with Crippen molar-refractivity contribution >= 4 is 47.1 Å². The number of carbonyl (C=O) groups is 8. The number of rotatable bonds is 22. The molecule has 17 heteroatoms. The second-order valence-corrected chi connectivity index (χ2v) is 24.2. The summed E-state index contributed by atoms with van der Waals surface area (Å²) < 4.78 is 0.